The number of anilines is 1. The molecule has 1 fully saturated rings. The molecule has 0 radical (unpaired) electrons. The molecule has 0 saturated heterocycles. The standard InChI is InChI=1S/C20H24N4O5S2/c1-24(2)19(26)16-12-21-20(30-16)22-18(25)17(23-29-14-6-4-5-7-14)13-8-10-15(11-9-13)31(3,27)28/h8-12,14H,4-7H2,1-3H3,(H,21,22,25)/b23-17+. The molecule has 0 bridgehead atoms. The highest BCUT2D eigenvalue weighted by Gasteiger charge is 2.22. The van der Waals surface area contributed by atoms with Crippen LogP contribution >= 0.6 is 11.3 Å². The second-order valence-electron chi connectivity index (χ2n) is 7.43. The van der Waals surface area contributed by atoms with Crippen LogP contribution in [0.2, 0.25) is 0 Å². The summed E-state index contributed by atoms with van der Waals surface area (Å²) in [6, 6.07) is 5.85. The van der Waals surface area contributed by atoms with E-state index in [9.17, 15) is 18.0 Å². The first kappa shape index (κ1) is 22.9. The summed E-state index contributed by atoms with van der Waals surface area (Å²) in [6.07, 6.45) is 6.29. The Morgan fingerprint density at radius 2 is 1.84 bits per heavy atom. The Morgan fingerprint density at radius 1 is 1.19 bits per heavy atom. The van der Waals surface area contributed by atoms with E-state index >= 15 is 0 Å². The van der Waals surface area contributed by atoms with Gasteiger partial charge < -0.3 is 9.74 Å². The molecule has 0 atom stereocenters. The average Bonchev–Trinajstić information content (AvgIpc) is 3.39. The highest BCUT2D eigenvalue weighted by molar-refractivity contribution is 7.90. The number of nitrogens with one attached hydrogen (secondary N) is 1. The van der Waals surface area contributed by atoms with Crippen LogP contribution in [0.3, 0.4) is 0 Å². The van der Waals surface area contributed by atoms with Crippen LogP contribution in [0.15, 0.2) is 40.5 Å². The third-order valence-electron chi connectivity index (χ3n) is 4.71. The fourth-order valence-corrected chi connectivity index (χ4v) is 4.48. The van der Waals surface area contributed by atoms with E-state index in [4.69, 9.17) is 4.84 Å². The molecule has 1 saturated carbocycles. The zero-order valence-corrected chi connectivity index (χ0v) is 19.1. The van der Waals surface area contributed by atoms with E-state index in [0.29, 0.717) is 10.4 Å². The van der Waals surface area contributed by atoms with Gasteiger partial charge in [-0.15, -0.1) is 0 Å². The van der Waals surface area contributed by atoms with Gasteiger partial charge in [-0.3, -0.25) is 14.9 Å². The summed E-state index contributed by atoms with van der Waals surface area (Å²) < 4.78 is 23.4. The summed E-state index contributed by atoms with van der Waals surface area (Å²) in [4.78, 5) is 36.6. The van der Waals surface area contributed by atoms with Gasteiger partial charge in [0.25, 0.3) is 11.8 Å². The van der Waals surface area contributed by atoms with Crippen LogP contribution in [-0.2, 0) is 19.5 Å². The van der Waals surface area contributed by atoms with Gasteiger partial charge in [0, 0.05) is 25.9 Å². The fourth-order valence-electron chi connectivity index (χ4n) is 3.01. The second-order valence-corrected chi connectivity index (χ2v) is 10.5. The van der Waals surface area contributed by atoms with Gasteiger partial charge >= 0.3 is 0 Å². The van der Waals surface area contributed by atoms with Crippen LogP contribution in [-0.4, -0.2) is 62.3 Å². The van der Waals surface area contributed by atoms with Crippen LogP contribution < -0.4 is 5.32 Å². The molecule has 2 aromatic rings. The van der Waals surface area contributed by atoms with Crippen molar-refractivity contribution in [2.24, 2.45) is 5.16 Å². The third-order valence-corrected chi connectivity index (χ3v) is 6.74. The van der Waals surface area contributed by atoms with E-state index in [1.165, 1.54) is 35.4 Å². The largest absolute Gasteiger partial charge is 0.392 e. The van der Waals surface area contributed by atoms with Gasteiger partial charge in [-0.05, 0) is 37.8 Å². The Labute approximate surface area is 185 Å². The Kier molecular flexibility index (Phi) is 7.06. The van der Waals surface area contributed by atoms with Gasteiger partial charge in [-0.1, -0.05) is 28.6 Å². The van der Waals surface area contributed by atoms with E-state index in [0.717, 1.165) is 43.3 Å². The van der Waals surface area contributed by atoms with Crippen LogP contribution in [0.4, 0.5) is 5.13 Å². The maximum atomic E-state index is 12.9. The number of oxime groups is 1. The van der Waals surface area contributed by atoms with Crippen molar-refractivity contribution in [2.75, 3.05) is 25.7 Å². The van der Waals surface area contributed by atoms with Crippen molar-refractivity contribution in [3.63, 3.8) is 0 Å². The number of sulfone groups is 1. The zero-order valence-electron chi connectivity index (χ0n) is 17.5. The van der Waals surface area contributed by atoms with Gasteiger partial charge in [-0.25, -0.2) is 13.4 Å². The molecule has 1 aromatic heterocycles. The van der Waals surface area contributed by atoms with Crippen molar-refractivity contribution in [1.82, 2.24) is 9.88 Å². The minimum atomic E-state index is -3.37. The number of thiazole rings is 1. The van der Waals surface area contributed by atoms with Crippen LogP contribution in [0.5, 0.6) is 0 Å². The first-order valence-corrected chi connectivity index (χ1v) is 12.4. The molecule has 0 spiro atoms. The Bertz CT molecular complexity index is 1090. The first-order chi connectivity index (χ1) is 14.6. The second kappa shape index (κ2) is 9.56. The van der Waals surface area contributed by atoms with E-state index in [2.05, 4.69) is 15.5 Å². The van der Waals surface area contributed by atoms with Crippen molar-refractivity contribution in [3.8, 4) is 0 Å². The lowest BCUT2D eigenvalue weighted by Gasteiger charge is -2.11. The lowest BCUT2D eigenvalue weighted by molar-refractivity contribution is -0.110. The van der Waals surface area contributed by atoms with Crippen LogP contribution in [0.1, 0.15) is 40.9 Å². The number of rotatable bonds is 7. The predicted octanol–water partition coefficient (Wildman–Crippen LogP) is 2.55. The van der Waals surface area contributed by atoms with Gasteiger partial charge in [0.1, 0.15) is 11.0 Å². The molecule has 1 aliphatic carbocycles. The number of nitrogens with zero attached hydrogens (tertiary/aromatic N) is 3. The van der Waals surface area contributed by atoms with Crippen LogP contribution in [0.25, 0.3) is 0 Å². The number of hydrogen-bond donors (Lipinski definition) is 1. The summed E-state index contributed by atoms with van der Waals surface area (Å²) in [5.41, 5.74) is 0.409. The molecule has 0 unspecified atom stereocenters. The smallest absolute Gasteiger partial charge is 0.280 e. The van der Waals surface area contributed by atoms with Crippen molar-refractivity contribution in [2.45, 2.75) is 36.7 Å². The van der Waals surface area contributed by atoms with Gasteiger partial charge in [-0.2, -0.15) is 0 Å². The predicted molar refractivity (Wildman–Crippen MR) is 118 cm³/mol. The summed E-state index contributed by atoms with van der Waals surface area (Å²) in [5, 5.41) is 6.98. The SMILES string of the molecule is CN(C)C(=O)c1cnc(NC(=O)/C(=N/OC2CCCC2)c2ccc(S(C)(=O)=O)cc2)s1. The van der Waals surface area contributed by atoms with Crippen molar-refractivity contribution >= 4 is 43.8 Å². The lowest BCUT2D eigenvalue weighted by atomic mass is 10.1. The highest BCUT2D eigenvalue weighted by Crippen LogP contribution is 2.23. The molecule has 2 amide bonds. The molecule has 1 N–H and O–H groups in total. The lowest BCUT2D eigenvalue weighted by Crippen LogP contribution is -2.25. The number of benzene rings is 1. The molecule has 31 heavy (non-hydrogen) atoms. The van der Waals surface area contributed by atoms with Gasteiger partial charge in [0.05, 0.1) is 11.1 Å². The van der Waals surface area contributed by atoms with E-state index < -0.39 is 15.7 Å². The molecule has 1 aliphatic rings. The van der Waals surface area contributed by atoms with E-state index in [-0.39, 0.29) is 27.7 Å². The Balaban J connectivity index is 1.84. The minimum Gasteiger partial charge on any atom is -0.392 e. The van der Waals surface area contributed by atoms with Gasteiger partial charge in [0.2, 0.25) is 0 Å². The topological polar surface area (TPSA) is 118 Å². The number of hydrogen-bond acceptors (Lipinski definition) is 8. The summed E-state index contributed by atoms with van der Waals surface area (Å²) >= 11 is 1.05. The minimum absolute atomic E-state index is 0.00244. The quantitative estimate of drug-likeness (QED) is 0.497. The Morgan fingerprint density at radius 3 is 2.42 bits per heavy atom. The van der Waals surface area contributed by atoms with Crippen LogP contribution in [0, 0.1) is 0 Å². The molecule has 166 valence electrons. The van der Waals surface area contributed by atoms with Crippen molar-refractivity contribution in [3.05, 3.63) is 40.9 Å². The Hall–Kier alpha value is -2.79. The maximum absolute atomic E-state index is 12.9. The maximum Gasteiger partial charge on any atom is 0.280 e. The highest BCUT2D eigenvalue weighted by atomic mass is 32.2. The molecule has 0 aliphatic heterocycles. The summed E-state index contributed by atoms with van der Waals surface area (Å²) in [7, 11) is -0.107. The zero-order chi connectivity index (χ0) is 22.6. The van der Waals surface area contributed by atoms with Gasteiger partial charge in [0.15, 0.2) is 20.7 Å². The molecule has 1 heterocycles. The van der Waals surface area contributed by atoms with E-state index in [1.54, 1.807) is 14.1 Å². The van der Waals surface area contributed by atoms with Crippen molar-refractivity contribution < 1.29 is 22.8 Å². The molecule has 3 rings (SSSR count). The molecule has 1 aromatic carbocycles. The normalized spacial score (nSPS) is 15.0. The number of amides is 2. The number of aromatic nitrogens is 1. The monoisotopic (exact) mass is 464 g/mol. The fraction of sp³-hybridized carbons (Fsp3) is 0.400. The molecular weight excluding hydrogens is 440 g/mol. The summed E-state index contributed by atoms with van der Waals surface area (Å²) in [6.45, 7) is 0. The first-order valence-electron chi connectivity index (χ1n) is 9.68. The average molecular weight is 465 g/mol. The molecular formula is C20H24N4O5S2. The number of carbonyl (C=O) groups excluding carboxylic acids is 2. The number of carbonyl (C=O) groups is 2. The van der Waals surface area contributed by atoms with Crippen molar-refractivity contribution in [1.29, 1.82) is 0 Å². The molecule has 9 nitrogen and oxygen atoms in total. The third kappa shape index (κ3) is 5.88. The van der Waals surface area contributed by atoms with E-state index in [1.807, 2.05) is 0 Å². The molecule has 11 heteroatoms. The summed E-state index contributed by atoms with van der Waals surface area (Å²) in [5.74, 6) is -0.781.